The Labute approximate surface area is 184 Å². The van der Waals surface area contributed by atoms with E-state index in [-0.39, 0.29) is 0 Å². The molecule has 0 bridgehead atoms. The van der Waals surface area contributed by atoms with Crippen molar-refractivity contribution in [3.8, 4) is 5.75 Å². The van der Waals surface area contributed by atoms with Gasteiger partial charge in [-0.1, -0.05) is 66.7 Å². The van der Waals surface area contributed by atoms with Gasteiger partial charge in [0.05, 0.1) is 11.8 Å². The summed E-state index contributed by atoms with van der Waals surface area (Å²) in [5, 5.41) is 15.7. The maximum atomic E-state index is 12.6. The lowest BCUT2D eigenvalue weighted by atomic mass is 10.0. The molecule has 6 heteroatoms. The molecule has 4 aromatic carbocycles. The van der Waals surface area contributed by atoms with Crippen molar-refractivity contribution in [1.82, 2.24) is 5.43 Å². The van der Waals surface area contributed by atoms with Crippen molar-refractivity contribution in [2.45, 2.75) is 6.10 Å². The van der Waals surface area contributed by atoms with Gasteiger partial charge in [-0.3, -0.25) is 4.79 Å². The molecule has 4 rings (SSSR count). The molecule has 158 valence electrons. The topological polar surface area (TPSA) is 88.0 Å². The average molecular weight is 424 g/mol. The lowest BCUT2D eigenvalue weighted by molar-refractivity contribution is -0.129. The van der Waals surface area contributed by atoms with Crippen LogP contribution in [0.4, 0.5) is 0 Å². The molecule has 6 nitrogen and oxygen atoms in total. The van der Waals surface area contributed by atoms with Gasteiger partial charge < -0.3 is 9.84 Å². The molecule has 0 aliphatic carbocycles. The van der Waals surface area contributed by atoms with Gasteiger partial charge in [0.25, 0.3) is 5.91 Å². The normalized spacial score (nSPS) is 11.9. The van der Waals surface area contributed by atoms with E-state index in [4.69, 9.17) is 4.74 Å². The van der Waals surface area contributed by atoms with Crippen LogP contribution in [0.15, 0.2) is 102 Å². The number of carbonyl (C=O) groups is 2. The molecule has 1 amide bonds. The molecule has 0 aromatic heterocycles. The summed E-state index contributed by atoms with van der Waals surface area (Å²) in [6.45, 7) is 0. The highest BCUT2D eigenvalue weighted by Gasteiger charge is 2.16. The number of nitrogens with zero attached hydrogens (tertiary/aromatic N) is 1. The Balaban J connectivity index is 1.37. The first-order valence-electron chi connectivity index (χ1n) is 9.98. The van der Waals surface area contributed by atoms with Gasteiger partial charge in [0.1, 0.15) is 5.75 Å². The van der Waals surface area contributed by atoms with Gasteiger partial charge in [-0.2, -0.15) is 5.10 Å². The van der Waals surface area contributed by atoms with Crippen LogP contribution in [0, 0.1) is 0 Å². The Kier molecular flexibility index (Phi) is 6.34. The fourth-order valence-electron chi connectivity index (χ4n) is 3.21. The minimum atomic E-state index is -1.30. The molecule has 0 spiro atoms. The molecule has 2 N–H and O–H groups in total. The lowest BCUT2D eigenvalue weighted by Gasteiger charge is -2.08. The number of fused-ring (bicyclic) bond motifs is 1. The molecule has 0 saturated carbocycles. The van der Waals surface area contributed by atoms with Crippen molar-refractivity contribution in [1.29, 1.82) is 0 Å². The van der Waals surface area contributed by atoms with E-state index in [0.29, 0.717) is 22.4 Å². The molecule has 0 heterocycles. The first-order valence-corrected chi connectivity index (χ1v) is 9.98. The highest BCUT2D eigenvalue weighted by molar-refractivity contribution is 6.05. The lowest BCUT2D eigenvalue weighted by Crippen LogP contribution is -2.25. The smallest absolute Gasteiger partial charge is 0.344 e. The van der Waals surface area contributed by atoms with E-state index in [9.17, 15) is 14.7 Å². The van der Waals surface area contributed by atoms with Crippen LogP contribution < -0.4 is 10.2 Å². The molecule has 0 fully saturated rings. The molecule has 0 aliphatic rings. The quantitative estimate of drug-likeness (QED) is 0.210. The Bertz CT molecular complexity index is 1260. The number of aliphatic hydroxyl groups is 1. The summed E-state index contributed by atoms with van der Waals surface area (Å²) < 4.78 is 5.50. The minimum Gasteiger partial charge on any atom is -0.423 e. The Morgan fingerprint density at radius 1 is 0.844 bits per heavy atom. The molecule has 0 aliphatic heterocycles. The number of ether oxygens (including phenoxy) is 1. The van der Waals surface area contributed by atoms with Crippen LogP contribution >= 0.6 is 0 Å². The van der Waals surface area contributed by atoms with Crippen LogP contribution in [0.25, 0.3) is 10.8 Å². The maximum Gasteiger partial charge on any atom is 0.344 e. The van der Waals surface area contributed by atoms with E-state index in [1.807, 2.05) is 36.4 Å². The number of esters is 1. The largest absolute Gasteiger partial charge is 0.423 e. The highest BCUT2D eigenvalue weighted by atomic mass is 16.5. The number of amides is 1. The molecule has 0 radical (unpaired) electrons. The zero-order valence-electron chi connectivity index (χ0n) is 17.0. The van der Waals surface area contributed by atoms with Gasteiger partial charge in [-0.25, -0.2) is 10.2 Å². The van der Waals surface area contributed by atoms with E-state index in [1.165, 1.54) is 6.21 Å². The first-order chi connectivity index (χ1) is 15.6. The summed E-state index contributed by atoms with van der Waals surface area (Å²) in [5.41, 5.74) is 3.97. The van der Waals surface area contributed by atoms with E-state index in [0.717, 1.165) is 10.8 Å². The number of aliphatic hydroxyl groups excluding tert-OH is 1. The fraction of sp³-hybridized carbons (Fsp3) is 0.0385. The third kappa shape index (κ3) is 4.88. The summed E-state index contributed by atoms with van der Waals surface area (Å²) in [7, 11) is 0. The number of nitrogens with one attached hydrogen (secondary N) is 1. The van der Waals surface area contributed by atoms with Crippen molar-refractivity contribution in [3.05, 3.63) is 114 Å². The van der Waals surface area contributed by atoms with Crippen molar-refractivity contribution >= 4 is 28.9 Å². The van der Waals surface area contributed by atoms with Crippen LogP contribution in [-0.4, -0.2) is 23.2 Å². The summed E-state index contributed by atoms with van der Waals surface area (Å²) in [4.78, 5) is 24.6. The van der Waals surface area contributed by atoms with Crippen LogP contribution in [0.3, 0.4) is 0 Å². The van der Waals surface area contributed by atoms with Gasteiger partial charge in [0.2, 0.25) is 0 Å². The standard InChI is InChI=1S/C26H20N2O4/c29-24(20-8-2-1-3-9-20)25(30)28-27-17-18-13-15-21(16-14-18)32-26(31)23-12-6-10-19-7-4-5-11-22(19)23/h1-17,24,29H,(H,28,30)/b27-17+. The second kappa shape index (κ2) is 9.68. The minimum absolute atomic E-state index is 0.392. The Hall–Kier alpha value is -4.29. The van der Waals surface area contributed by atoms with E-state index < -0.39 is 18.0 Å². The van der Waals surface area contributed by atoms with Crippen LogP contribution in [0.1, 0.15) is 27.6 Å². The first kappa shape index (κ1) is 21.0. The molecule has 32 heavy (non-hydrogen) atoms. The van der Waals surface area contributed by atoms with Crippen LogP contribution in [0.5, 0.6) is 5.75 Å². The maximum absolute atomic E-state index is 12.6. The van der Waals surface area contributed by atoms with E-state index >= 15 is 0 Å². The van der Waals surface area contributed by atoms with Gasteiger partial charge >= 0.3 is 5.97 Å². The molecular formula is C26H20N2O4. The van der Waals surface area contributed by atoms with Gasteiger partial charge in [-0.05, 0) is 52.2 Å². The van der Waals surface area contributed by atoms with E-state index in [2.05, 4.69) is 10.5 Å². The fourth-order valence-corrected chi connectivity index (χ4v) is 3.21. The summed E-state index contributed by atoms with van der Waals surface area (Å²) in [6, 6.07) is 28.4. The highest BCUT2D eigenvalue weighted by Crippen LogP contribution is 2.21. The van der Waals surface area contributed by atoms with E-state index in [1.54, 1.807) is 60.7 Å². The summed E-state index contributed by atoms with van der Waals surface area (Å²) in [6.07, 6.45) is 0.135. The Morgan fingerprint density at radius 2 is 1.53 bits per heavy atom. The third-order valence-electron chi connectivity index (χ3n) is 4.85. The predicted molar refractivity (Wildman–Crippen MR) is 122 cm³/mol. The summed E-state index contributed by atoms with van der Waals surface area (Å²) >= 11 is 0. The number of hydrazone groups is 1. The number of hydrogen-bond acceptors (Lipinski definition) is 5. The van der Waals surface area contributed by atoms with Gasteiger partial charge in [0.15, 0.2) is 6.10 Å². The number of benzene rings is 4. The monoisotopic (exact) mass is 424 g/mol. The van der Waals surface area contributed by atoms with Crippen molar-refractivity contribution in [3.63, 3.8) is 0 Å². The number of carbonyl (C=O) groups excluding carboxylic acids is 2. The molecule has 1 atom stereocenters. The van der Waals surface area contributed by atoms with Crippen molar-refractivity contribution < 1.29 is 19.4 Å². The van der Waals surface area contributed by atoms with Gasteiger partial charge in [-0.15, -0.1) is 0 Å². The summed E-state index contributed by atoms with van der Waals surface area (Å²) in [5.74, 6) is -0.679. The zero-order chi connectivity index (χ0) is 22.3. The SMILES string of the molecule is O=C(Oc1ccc(/C=N/NC(=O)C(O)c2ccccc2)cc1)c1cccc2ccccc12. The number of hydrogen-bond donors (Lipinski definition) is 2. The molecule has 1 unspecified atom stereocenters. The van der Waals surface area contributed by atoms with Crippen LogP contribution in [0.2, 0.25) is 0 Å². The Morgan fingerprint density at radius 3 is 2.31 bits per heavy atom. The average Bonchev–Trinajstić information content (AvgIpc) is 2.84. The molecular weight excluding hydrogens is 404 g/mol. The van der Waals surface area contributed by atoms with Crippen molar-refractivity contribution in [2.75, 3.05) is 0 Å². The second-order valence-corrected chi connectivity index (χ2v) is 7.03. The second-order valence-electron chi connectivity index (χ2n) is 7.03. The van der Waals surface area contributed by atoms with Crippen LogP contribution in [-0.2, 0) is 4.79 Å². The molecule has 4 aromatic rings. The van der Waals surface area contributed by atoms with Crippen molar-refractivity contribution in [2.24, 2.45) is 5.10 Å². The predicted octanol–water partition coefficient (Wildman–Crippen LogP) is 4.24. The zero-order valence-corrected chi connectivity index (χ0v) is 17.0. The third-order valence-corrected chi connectivity index (χ3v) is 4.85. The van der Waals surface area contributed by atoms with Gasteiger partial charge in [0, 0.05) is 0 Å². The molecule has 0 saturated heterocycles. The number of rotatable bonds is 6.